The molecule has 0 amide bonds. The molecule has 0 saturated heterocycles. The number of aromatic hydroxyl groups is 1. The number of phenols is 1. The summed E-state index contributed by atoms with van der Waals surface area (Å²) in [6.45, 7) is 0.227. The maximum absolute atomic E-state index is 10.0. The molecule has 0 aliphatic carbocycles. The zero-order chi connectivity index (χ0) is 25.7. The standard InChI is InChI=1S/C30H27NO6/c1-31-22(10-5-17-6-11-23(32)25(13-17)34-3)28-19(9-12-24(33-2)30(28)35-4)20-8-7-18-14-26-27(37-16-36-26)15-21(18)29(20)31/h5-15,22,32H,16H2,1-4H3. The molecule has 0 saturated carbocycles. The summed E-state index contributed by atoms with van der Waals surface area (Å²) in [7, 11) is 6.93. The number of methoxy groups -OCH3 is 3. The van der Waals surface area contributed by atoms with Crippen molar-refractivity contribution in [2.75, 3.05) is 40.1 Å². The summed E-state index contributed by atoms with van der Waals surface area (Å²) >= 11 is 0. The van der Waals surface area contributed by atoms with Crippen LogP contribution in [0.5, 0.6) is 34.5 Å². The molecule has 2 heterocycles. The summed E-state index contributed by atoms with van der Waals surface area (Å²) in [5.41, 5.74) is 5.18. The number of hydrogen-bond donors (Lipinski definition) is 1. The zero-order valence-corrected chi connectivity index (χ0v) is 21.1. The topological polar surface area (TPSA) is 69.6 Å². The molecule has 4 aromatic rings. The van der Waals surface area contributed by atoms with Crippen LogP contribution in [0.3, 0.4) is 0 Å². The minimum absolute atomic E-state index is 0.102. The molecule has 1 unspecified atom stereocenters. The van der Waals surface area contributed by atoms with E-state index in [2.05, 4.69) is 42.3 Å². The molecule has 6 rings (SSSR count). The van der Waals surface area contributed by atoms with Crippen molar-refractivity contribution in [1.82, 2.24) is 0 Å². The first-order valence-corrected chi connectivity index (χ1v) is 11.9. The molecule has 37 heavy (non-hydrogen) atoms. The molecule has 1 atom stereocenters. The van der Waals surface area contributed by atoms with E-state index in [-0.39, 0.29) is 18.6 Å². The Kier molecular flexibility index (Phi) is 5.48. The molecule has 0 aromatic heterocycles. The van der Waals surface area contributed by atoms with E-state index in [1.54, 1.807) is 27.4 Å². The van der Waals surface area contributed by atoms with Crippen molar-refractivity contribution in [3.05, 3.63) is 71.8 Å². The Morgan fingerprint density at radius 2 is 1.62 bits per heavy atom. The maximum Gasteiger partial charge on any atom is 0.231 e. The van der Waals surface area contributed by atoms with Crippen LogP contribution in [-0.2, 0) is 0 Å². The van der Waals surface area contributed by atoms with Crippen molar-refractivity contribution in [2.45, 2.75) is 6.04 Å². The molecule has 188 valence electrons. The Balaban J connectivity index is 1.57. The number of anilines is 1. The van der Waals surface area contributed by atoms with E-state index in [4.69, 9.17) is 23.7 Å². The van der Waals surface area contributed by atoms with Crippen molar-refractivity contribution in [2.24, 2.45) is 0 Å². The first-order chi connectivity index (χ1) is 18.0. The SMILES string of the molecule is COc1cc(C=CC2c3c(ccc(OC)c3OC)-c3ccc4cc5c(cc4c3N2C)OCO5)ccc1O. The Hall–Kier alpha value is -4.52. The second-order valence-corrected chi connectivity index (χ2v) is 9.00. The number of phenolic OH excluding ortho intramolecular Hbond substituents is 1. The minimum atomic E-state index is -0.177. The normalized spacial score (nSPS) is 15.6. The fourth-order valence-corrected chi connectivity index (χ4v) is 5.33. The molecular weight excluding hydrogens is 470 g/mol. The lowest BCUT2D eigenvalue weighted by Crippen LogP contribution is -2.28. The van der Waals surface area contributed by atoms with Crippen LogP contribution < -0.4 is 28.6 Å². The highest BCUT2D eigenvalue weighted by atomic mass is 16.7. The Labute approximate surface area is 215 Å². The third-order valence-corrected chi connectivity index (χ3v) is 7.10. The molecule has 2 aliphatic heterocycles. The van der Waals surface area contributed by atoms with Crippen molar-refractivity contribution in [3.8, 4) is 45.6 Å². The zero-order valence-electron chi connectivity index (χ0n) is 21.1. The van der Waals surface area contributed by atoms with Crippen LogP contribution in [0.2, 0.25) is 0 Å². The van der Waals surface area contributed by atoms with Gasteiger partial charge in [-0.3, -0.25) is 0 Å². The first kappa shape index (κ1) is 22.9. The molecule has 1 N–H and O–H groups in total. The highest BCUT2D eigenvalue weighted by Crippen LogP contribution is 2.54. The lowest BCUT2D eigenvalue weighted by atomic mass is 9.85. The van der Waals surface area contributed by atoms with E-state index >= 15 is 0 Å². The van der Waals surface area contributed by atoms with Gasteiger partial charge < -0.3 is 33.7 Å². The largest absolute Gasteiger partial charge is 0.504 e. The van der Waals surface area contributed by atoms with Crippen LogP contribution in [0.25, 0.3) is 28.0 Å². The van der Waals surface area contributed by atoms with E-state index < -0.39 is 0 Å². The third kappa shape index (κ3) is 3.57. The lowest BCUT2D eigenvalue weighted by molar-refractivity contribution is 0.174. The van der Waals surface area contributed by atoms with Gasteiger partial charge in [-0.2, -0.15) is 0 Å². The molecule has 7 nitrogen and oxygen atoms in total. The number of ether oxygens (including phenoxy) is 5. The highest BCUT2D eigenvalue weighted by molar-refractivity contribution is 6.06. The van der Waals surface area contributed by atoms with Gasteiger partial charge in [-0.05, 0) is 52.9 Å². The van der Waals surface area contributed by atoms with Crippen molar-refractivity contribution >= 4 is 22.5 Å². The molecule has 0 bridgehead atoms. The quantitative estimate of drug-likeness (QED) is 0.354. The second-order valence-electron chi connectivity index (χ2n) is 9.00. The van der Waals surface area contributed by atoms with E-state index in [1.807, 2.05) is 30.3 Å². The molecule has 0 fully saturated rings. The second kappa shape index (κ2) is 8.85. The van der Waals surface area contributed by atoms with Crippen molar-refractivity contribution in [3.63, 3.8) is 0 Å². The predicted molar refractivity (Wildman–Crippen MR) is 143 cm³/mol. The predicted octanol–water partition coefficient (Wildman–Crippen LogP) is 6.17. The maximum atomic E-state index is 10.0. The average molecular weight is 498 g/mol. The molecule has 7 heteroatoms. The van der Waals surface area contributed by atoms with Crippen LogP contribution in [0.1, 0.15) is 17.2 Å². The van der Waals surface area contributed by atoms with E-state index in [0.717, 1.165) is 50.2 Å². The van der Waals surface area contributed by atoms with Crippen LogP contribution in [0.15, 0.2) is 60.7 Å². The minimum Gasteiger partial charge on any atom is -0.504 e. The number of rotatable bonds is 5. The van der Waals surface area contributed by atoms with Crippen LogP contribution in [-0.4, -0.2) is 40.3 Å². The summed E-state index contributed by atoms with van der Waals surface area (Å²) in [5.74, 6) is 3.40. The fraction of sp³-hybridized carbons (Fsp3) is 0.200. The van der Waals surface area contributed by atoms with Gasteiger partial charge in [-0.15, -0.1) is 0 Å². The number of likely N-dealkylation sites (N-methyl/N-ethyl adjacent to an activating group) is 1. The summed E-state index contributed by atoms with van der Waals surface area (Å²) in [4.78, 5) is 2.25. The fourth-order valence-electron chi connectivity index (χ4n) is 5.33. The number of benzene rings is 4. The summed E-state index contributed by atoms with van der Waals surface area (Å²) in [6, 6.07) is 17.5. The molecular formula is C30H27NO6. The number of hydrogen-bond acceptors (Lipinski definition) is 7. The van der Waals surface area contributed by atoms with Crippen molar-refractivity contribution < 1.29 is 28.8 Å². The monoisotopic (exact) mass is 497 g/mol. The van der Waals surface area contributed by atoms with Gasteiger partial charge in [0, 0.05) is 23.6 Å². The molecule has 4 aromatic carbocycles. The molecule has 2 aliphatic rings. The van der Waals surface area contributed by atoms with Gasteiger partial charge in [-0.25, -0.2) is 0 Å². The summed E-state index contributed by atoms with van der Waals surface area (Å²) < 4.78 is 28.2. The first-order valence-electron chi connectivity index (χ1n) is 11.9. The van der Waals surface area contributed by atoms with Gasteiger partial charge >= 0.3 is 0 Å². The lowest BCUT2D eigenvalue weighted by Gasteiger charge is -2.38. The Morgan fingerprint density at radius 3 is 2.38 bits per heavy atom. The molecule has 0 spiro atoms. The number of fused-ring (bicyclic) bond motifs is 6. The van der Waals surface area contributed by atoms with Gasteiger partial charge in [0.1, 0.15) is 0 Å². The summed E-state index contributed by atoms with van der Waals surface area (Å²) in [6.07, 6.45) is 4.15. The Bertz CT molecular complexity index is 1560. The smallest absolute Gasteiger partial charge is 0.231 e. The van der Waals surface area contributed by atoms with Gasteiger partial charge in [0.05, 0.1) is 33.1 Å². The van der Waals surface area contributed by atoms with E-state index in [1.165, 1.54) is 0 Å². The van der Waals surface area contributed by atoms with E-state index in [9.17, 15) is 5.11 Å². The average Bonchev–Trinajstić information content (AvgIpc) is 3.38. The number of nitrogens with zero attached hydrogens (tertiary/aromatic N) is 1. The van der Waals surface area contributed by atoms with Crippen LogP contribution in [0, 0.1) is 0 Å². The van der Waals surface area contributed by atoms with Gasteiger partial charge in [0.15, 0.2) is 34.5 Å². The van der Waals surface area contributed by atoms with Crippen molar-refractivity contribution in [1.29, 1.82) is 0 Å². The van der Waals surface area contributed by atoms with Crippen LogP contribution in [0.4, 0.5) is 5.69 Å². The van der Waals surface area contributed by atoms with Gasteiger partial charge in [-0.1, -0.05) is 30.4 Å². The molecule has 0 radical (unpaired) electrons. The van der Waals surface area contributed by atoms with Gasteiger partial charge in [0.2, 0.25) is 6.79 Å². The van der Waals surface area contributed by atoms with Gasteiger partial charge in [0.25, 0.3) is 0 Å². The van der Waals surface area contributed by atoms with Crippen LogP contribution >= 0.6 is 0 Å². The Morgan fingerprint density at radius 1 is 0.865 bits per heavy atom. The summed E-state index contributed by atoms with van der Waals surface area (Å²) in [5, 5.41) is 12.2. The highest BCUT2D eigenvalue weighted by Gasteiger charge is 2.33. The third-order valence-electron chi connectivity index (χ3n) is 7.10. The van der Waals surface area contributed by atoms with E-state index in [0.29, 0.717) is 17.2 Å².